The Kier molecular flexibility index (Phi) is 6.95. The fourth-order valence-electron chi connectivity index (χ4n) is 2.55. The summed E-state index contributed by atoms with van der Waals surface area (Å²) in [6.07, 6.45) is 3.27. The number of nitro benzene ring substituents is 1. The highest BCUT2D eigenvalue weighted by Crippen LogP contribution is 2.35. The fraction of sp³-hybridized carbons (Fsp3) is 0.0455. The Morgan fingerprint density at radius 1 is 1.00 bits per heavy atom. The van der Waals surface area contributed by atoms with Gasteiger partial charge in [-0.2, -0.15) is 0 Å². The highest BCUT2D eigenvalue weighted by Gasteiger charge is 2.10. The maximum absolute atomic E-state index is 12.2. The molecule has 0 atom stereocenters. The number of ether oxygens (including phenoxy) is 1. The van der Waals surface area contributed by atoms with Gasteiger partial charge in [-0.3, -0.25) is 14.9 Å². The van der Waals surface area contributed by atoms with E-state index in [1.807, 2.05) is 30.3 Å². The molecule has 0 unspecified atom stereocenters. The first-order valence-corrected chi connectivity index (χ1v) is 10.2. The monoisotopic (exact) mass is 515 g/mol. The Morgan fingerprint density at radius 3 is 2.21 bits per heavy atom. The van der Waals surface area contributed by atoms with Crippen molar-refractivity contribution >= 4 is 49.4 Å². The van der Waals surface area contributed by atoms with Crippen LogP contribution in [0, 0.1) is 10.1 Å². The van der Waals surface area contributed by atoms with E-state index in [0.29, 0.717) is 11.3 Å². The van der Waals surface area contributed by atoms with Crippen molar-refractivity contribution in [3.63, 3.8) is 0 Å². The molecule has 0 saturated heterocycles. The molecular weight excluding hydrogens is 502 g/mol. The maximum Gasteiger partial charge on any atom is 0.269 e. The third kappa shape index (κ3) is 5.62. The van der Waals surface area contributed by atoms with E-state index in [-0.39, 0.29) is 18.1 Å². The number of halogens is 2. The minimum Gasteiger partial charge on any atom is -0.487 e. The number of non-ortho nitro benzene ring substituents is 1. The molecule has 0 saturated carbocycles. The molecule has 0 bridgehead atoms. The van der Waals surface area contributed by atoms with Gasteiger partial charge in [0.2, 0.25) is 0 Å². The smallest absolute Gasteiger partial charge is 0.269 e. The zero-order valence-electron chi connectivity index (χ0n) is 15.0. The number of allylic oxidation sites excluding steroid dienone is 1. The van der Waals surface area contributed by atoms with E-state index in [9.17, 15) is 14.9 Å². The van der Waals surface area contributed by atoms with Gasteiger partial charge in [0.05, 0.1) is 13.9 Å². The van der Waals surface area contributed by atoms with E-state index in [1.54, 1.807) is 30.3 Å². The van der Waals surface area contributed by atoms with E-state index < -0.39 is 4.92 Å². The molecule has 7 heteroatoms. The molecule has 0 aliphatic heterocycles. The summed E-state index contributed by atoms with van der Waals surface area (Å²) in [5.41, 5.74) is 2.31. The highest BCUT2D eigenvalue weighted by molar-refractivity contribution is 9.11. The number of benzene rings is 3. The first-order chi connectivity index (χ1) is 13.9. The van der Waals surface area contributed by atoms with Gasteiger partial charge in [0.25, 0.3) is 5.69 Å². The van der Waals surface area contributed by atoms with Crippen molar-refractivity contribution in [3.05, 3.63) is 109 Å². The van der Waals surface area contributed by atoms with Crippen LogP contribution in [0.3, 0.4) is 0 Å². The van der Waals surface area contributed by atoms with Gasteiger partial charge >= 0.3 is 0 Å². The lowest BCUT2D eigenvalue weighted by Gasteiger charge is -2.11. The molecule has 0 aliphatic carbocycles. The first-order valence-electron chi connectivity index (χ1n) is 8.56. The van der Waals surface area contributed by atoms with Gasteiger partial charge in [-0.05, 0) is 73.3 Å². The molecule has 0 fully saturated rings. The van der Waals surface area contributed by atoms with Crippen LogP contribution in [0.2, 0.25) is 0 Å². The van der Waals surface area contributed by atoms with E-state index in [2.05, 4.69) is 31.9 Å². The van der Waals surface area contributed by atoms with Gasteiger partial charge < -0.3 is 4.74 Å². The summed E-state index contributed by atoms with van der Waals surface area (Å²) in [4.78, 5) is 22.5. The summed E-state index contributed by atoms with van der Waals surface area (Å²) < 4.78 is 7.29. The number of hydrogen-bond donors (Lipinski definition) is 0. The molecule has 0 heterocycles. The number of carbonyl (C=O) groups is 1. The van der Waals surface area contributed by atoms with Crippen molar-refractivity contribution in [2.75, 3.05) is 0 Å². The Morgan fingerprint density at radius 2 is 1.62 bits per heavy atom. The predicted molar refractivity (Wildman–Crippen MR) is 119 cm³/mol. The molecule has 146 valence electrons. The fourth-order valence-corrected chi connectivity index (χ4v) is 4.00. The van der Waals surface area contributed by atoms with Crippen LogP contribution < -0.4 is 4.74 Å². The Labute approximate surface area is 184 Å². The average molecular weight is 517 g/mol. The zero-order valence-corrected chi connectivity index (χ0v) is 18.2. The molecule has 3 aromatic carbocycles. The standard InChI is InChI=1S/C22H15Br2NO4/c23-19-12-16(8-11-21(26)17-4-2-1-3-5-17)13-20(24)22(19)29-14-15-6-9-18(10-7-15)25(27)28/h1-13H,14H2/b11-8+. The molecular formula is C22H15Br2NO4. The number of nitrogens with zero attached hydrogens (tertiary/aromatic N) is 1. The van der Waals surface area contributed by atoms with Crippen molar-refractivity contribution in [2.24, 2.45) is 0 Å². The first kappa shape index (κ1) is 21.0. The summed E-state index contributed by atoms with van der Waals surface area (Å²) in [6, 6.07) is 19.0. The second-order valence-corrected chi connectivity index (χ2v) is 7.80. The summed E-state index contributed by atoms with van der Waals surface area (Å²) in [5.74, 6) is 0.534. The summed E-state index contributed by atoms with van der Waals surface area (Å²) in [5, 5.41) is 10.7. The zero-order chi connectivity index (χ0) is 20.8. The molecule has 3 aromatic rings. The summed E-state index contributed by atoms with van der Waals surface area (Å²) in [6.45, 7) is 0.261. The number of rotatable bonds is 7. The lowest BCUT2D eigenvalue weighted by Crippen LogP contribution is -1.98. The molecule has 5 nitrogen and oxygen atoms in total. The summed E-state index contributed by atoms with van der Waals surface area (Å²) in [7, 11) is 0. The molecule has 0 radical (unpaired) electrons. The largest absolute Gasteiger partial charge is 0.487 e. The topological polar surface area (TPSA) is 69.4 Å². The number of nitro groups is 1. The van der Waals surface area contributed by atoms with Crippen LogP contribution in [0.25, 0.3) is 6.08 Å². The van der Waals surface area contributed by atoms with E-state index in [4.69, 9.17) is 4.74 Å². The number of hydrogen-bond acceptors (Lipinski definition) is 4. The van der Waals surface area contributed by atoms with Gasteiger partial charge in [0, 0.05) is 17.7 Å². The van der Waals surface area contributed by atoms with E-state index in [1.165, 1.54) is 18.2 Å². The third-order valence-corrected chi connectivity index (χ3v) is 5.21. The maximum atomic E-state index is 12.2. The van der Waals surface area contributed by atoms with Crippen LogP contribution in [0.1, 0.15) is 21.5 Å². The van der Waals surface area contributed by atoms with Crippen molar-refractivity contribution in [2.45, 2.75) is 6.61 Å². The SMILES string of the molecule is O=C(/C=C/c1cc(Br)c(OCc2ccc([N+](=O)[O-])cc2)c(Br)c1)c1ccccc1. The second-order valence-electron chi connectivity index (χ2n) is 6.09. The van der Waals surface area contributed by atoms with Gasteiger partial charge in [0.15, 0.2) is 5.78 Å². The van der Waals surface area contributed by atoms with Gasteiger partial charge in [-0.15, -0.1) is 0 Å². The molecule has 29 heavy (non-hydrogen) atoms. The van der Waals surface area contributed by atoms with Crippen LogP contribution in [-0.4, -0.2) is 10.7 Å². The molecule has 0 aromatic heterocycles. The van der Waals surface area contributed by atoms with Crippen molar-refractivity contribution < 1.29 is 14.5 Å². The average Bonchev–Trinajstić information content (AvgIpc) is 2.72. The number of carbonyl (C=O) groups excluding carboxylic acids is 1. The lowest BCUT2D eigenvalue weighted by atomic mass is 10.1. The molecule has 3 rings (SSSR count). The van der Waals surface area contributed by atoms with Crippen molar-refractivity contribution in [1.29, 1.82) is 0 Å². The van der Waals surface area contributed by atoms with Crippen molar-refractivity contribution in [1.82, 2.24) is 0 Å². The summed E-state index contributed by atoms with van der Waals surface area (Å²) >= 11 is 6.98. The van der Waals surface area contributed by atoms with Crippen LogP contribution in [0.5, 0.6) is 5.75 Å². The Balaban J connectivity index is 1.69. The quantitative estimate of drug-likeness (QED) is 0.153. The molecule has 0 N–H and O–H groups in total. The molecule has 0 spiro atoms. The third-order valence-electron chi connectivity index (χ3n) is 4.04. The minimum atomic E-state index is -0.438. The van der Waals surface area contributed by atoms with E-state index in [0.717, 1.165) is 20.1 Å². The second kappa shape index (κ2) is 9.62. The van der Waals surface area contributed by atoms with Crippen LogP contribution in [0.15, 0.2) is 81.8 Å². The Bertz CT molecular complexity index is 1040. The van der Waals surface area contributed by atoms with Crippen LogP contribution >= 0.6 is 31.9 Å². The molecule has 0 amide bonds. The highest BCUT2D eigenvalue weighted by atomic mass is 79.9. The van der Waals surface area contributed by atoms with E-state index >= 15 is 0 Å². The lowest BCUT2D eigenvalue weighted by molar-refractivity contribution is -0.384. The van der Waals surface area contributed by atoms with Crippen LogP contribution in [-0.2, 0) is 6.61 Å². The minimum absolute atomic E-state index is 0.0392. The van der Waals surface area contributed by atoms with Gasteiger partial charge in [-0.1, -0.05) is 36.4 Å². The van der Waals surface area contributed by atoms with Gasteiger partial charge in [-0.25, -0.2) is 0 Å². The predicted octanol–water partition coefficient (Wildman–Crippen LogP) is 6.59. The Hall–Kier alpha value is -2.77. The number of ketones is 1. The van der Waals surface area contributed by atoms with Crippen LogP contribution in [0.4, 0.5) is 5.69 Å². The van der Waals surface area contributed by atoms with Gasteiger partial charge in [0.1, 0.15) is 12.4 Å². The normalized spacial score (nSPS) is 10.8. The molecule has 0 aliphatic rings. The van der Waals surface area contributed by atoms with Crippen molar-refractivity contribution in [3.8, 4) is 5.75 Å².